The summed E-state index contributed by atoms with van der Waals surface area (Å²) < 4.78 is 5.60. The summed E-state index contributed by atoms with van der Waals surface area (Å²) in [5, 5.41) is 8.61. The number of nitrogen functional groups attached to an aromatic ring is 1. The first-order chi connectivity index (χ1) is 7.74. The van der Waals surface area contributed by atoms with Gasteiger partial charge in [0, 0.05) is 12.3 Å². The van der Waals surface area contributed by atoms with Crippen LogP contribution in [0.3, 0.4) is 0 Å². The Balaban J connectivity index is 2.19. The number of rotatable bonds is 7. The van der Waals surface area contributed by atoms with Gasteiger partial charge in [0.1, 0.15) is 5.75 Å². The molecule has 0 aliphatic rings. The van der Waals surface area contributed by atoms with Gasteiger partial charge in [0.2, 0.25) is 0 Å². The number of nitrogens with two attached hydrogens (primary N) is 1. The molecule has 0 aliphatic carbocycles. The van der Waals surface area contributed by atoms with E-state index in [0.717, 1.165) is 49.3 Å². The molecule has 0 spiro atoms. The molecule has 1 rings (SSSR count). The van der Waals surface area contributed by atoms with Crippen molar-refractivity contribution in [2.75, 3.05) is 18.9 Å². The van der Waals surface area contributed by atoms with Crippen LogP contribution in [0.4, 0.5) is 5.69 Å². The SMILES string of the molecule is Cc1cc(OCCCCCCO)ccc1N. The third-order valence-corrected chi connectivity index (χ3v) is 2.56. The topological polar surface area (TPSA) is 55.5 Å². The van der Waals surface area contributed by atoms with Gasteiger partial charge in [-0.2, -0.15) is 0 Å². The van der Waals surface area contributed by atoms with E-state index in [2.05, 4.69) is 0 Å². The number of aliphatic hydroxyl groups is 1. The summed E-state index contributed by atoms with van der Waals surface area (Å²) in [5.74, 6) is 0.883. The van der Waals surface area contributed by atoms with Crippen LogP contribution in [0.25, 0.3) is 0 Å². The van der Waals surface area contributed by atoms with E-state index in [1.807, 2.05) is 25.1 Å². The molecule has 0 aromatic heterocycles. The second-order valence-electron chi connectivity index (χ2n) is 4.00. The minimum absolute atomic E-state index is 0.290. The van der Waals surface area contributed by atoms with Gasteiger partial charge in [-0.3, -0.25) is 0 Å². The summed E-state index contributed by atoms with van der Waals surface area (Å²) >= 11 is 0. The van der Waals surface area contributed by atoms with Gasteiger partial charge in [0.05, 0.1) is 6.61 Å². The van der Waals surface area contributed by atoms with Crippen molar-refractivity contribution in [1.82, 2.24) is 0 Å². The zero-order chi connectivity index (χ0) is 11.8. The summed E-state index contributed by atoms with van der Waals surface area (Å²) in [7, 11) is 0. The van der Waals surface area contributed by atoms with Crippen molar-refractivity contribution in [2.24, 2.45) is 0 Å². The first-order valence-electron chi connectivity index (χ1n) is 5.84. The first-order valence-corrected chi connectivity index (χ1v) is 5.84. The van der Waals surface area contributed by atoms with E-state index in [4.69, 9.17) is 15.6 Å². The Morgan fingerprint density at radius 2 is 1.94 bits per heavy atom. The largest absolute Gasteiger partial charge is 0.494 e. The van der Waals surface area contributed by atoms with Crippen molar-refractivity contribution in [1.29, 1.82) is 0 Å². The van der Waals surface area contributed by atoms with Gasteiger partial charge in [0.25, 0.3) is 0 Å². The minimum atomic E-state index is 0.290. The van der Waals surface area contributed by atoms with Gasteiger partial charge in [-0.05, 0) is 49.9 Å². The highest BCUT2D eigenvalue weighted by Gasteiger charge is 1.97. The zero-order valence-corrected chi connectivity index (χ0v) is 9.91. The Morgan fingerprint density at radius 3 is 2.62 bits per heavy atom. The Bertz CT molecular complexity index is 313. The molecule has 90 valence electrons. The minimum Gasteiger partial charge on any atom is -0.494 e. The molecule has 0 fully saturated rings. The number of ether oxygens (including phenoxy) is 1. The lowest BCUT2D eigenvalue weighted by Gasteiger charge is -2.07. The van der Waals surface area contributed by atoms with Crippen LogP contribution in [0.15, 0.2) is 18.2 Å². The van der Waals surface area contributed by atoms with Crippen molar-refractivity contribution >= 4 is 5.69 Å². The smallest absolute Gasteiger partial charge is 0.119 e. The maximum absolute atomic E-state index is 8.61. The molecule has 0 heterocycles. The molecule has 0 saturated carbocycles. The normalized spacial score (nSPS) is 10.4. The lowest BCUT2D eigenvalue weighted by Crippen LogP contribution is -1.98. The molecule has 3 nitrogen and oxygen atoms in total. The van der Waals surface area contributed by atoms with Gasteiger partial charge < -0.3 is 15.6 Å². The van der Waals surface area contributed by atoms with E-state index >= 15 is 0 Å². The van der Waals surface area contributed by atoms with Gasteiger partial charge in [-0.15, -0.1) is 0 Å². The predicted octanol–water partition coefficient (Wildman–Crippen LogP) is 2.51. The summed E-state index contributed by atoms with van der Waals surface area (Å²) in [6.45, 7) is 3.00. The average Bonchev–Trinajstić information content (AvgIpc) is 2.28. The first kappa shape index (κ1) is 12.8. The number of aliphatic hydroxyl groups excluding tert-OH is 1. The highest BCUT2D eigenvalue weighted by molar-refractivity contribution is 5.49. The van der Waals surface area contributed by atoms with Crippen molar-refractivity contribution in [3.8, 4) is 5.75 Å². The summed E-state index contributed by atoms with van der Waals surface area (Å²) in [4.78, 5) is 0. The molecule has 1 aromatic rings. The quantitative estimate of drug-likeness (QED) is 0.551. The molecule has 1 aromatic carbocycles. The number of hydrogen-bond donors (Lipinski definition) is 2. The van der Waals surface area contributed by atoms with Crippen LogP contribution in [0.5, 0.6) is 5.75 Å². The number of benzene rings is 1. The lowest BCUT2D eigenvalue weighted by molar-refractivity contribution is 0.273. The predicted molar refractivity (Wildman–Crippen MR) is 66.6 cm³/mol. The van der Waals surface area contributed by atoms with Gasteiger partial charge in [0.15, 0.2) is 0 Å². The van der Waals surface area contributed by atoms with Crippen molar-refractivity contribution in [3.63, 3.8) is 0 Å². The Kier molecular flexibility index (Phi) is 5.72. The van der Waals surface area contributed by atoms with Gasteiger partial charge in [-0.25, -0.2) is 0 Å². The third-order valence-electron chi connectivity index (χ3n) is 2.56. The van der Waals surface area contributed by atoms with Gasteiger partial charge >= 0.3 is 0 Å². The molecule has 0 saturated heterocycles. The Labute approximate surface area is 97.2 Å². The third kappa shape index (κ3) is 4.53. The molecule has 0 bridgehead atoms. The summed E-state index contributed by atoms with van der Waals surface area (Å²) in [6.07, 6.45) is 4.10. The fourth-order valence-electron chi connectivity index (χ4n) is 1.50. The molecular weight excluding hydrogens is 202 g/mol. The van der Waals surface area contributed by atoms with E-state index in [1.165, 1.54) is 0 Å². The fraction of sp³-hybridized carbons (Fsp3) is 0.538. The molecular formula is C13H21NO2. The lowest BCUT2D eigenvalue weighted by atomic mass is 10.2. The van der Waals surface area contributed by atoms with Crippen LogP contribution >= 0.6 is 0 Å². The standard InChI is InChI=1S/C13H21NO2/c1-11-10-12(6-7-13(11)14)16-9-5-3-2-4-8-15/h6-7,10,15H,2-5,8-9,14H2,1H3. The van der Waals surface area contributed by atoms with Crippen LogP contribution < -0.4 is 10.5 Å². The molecule has 0 radical (unpaired) electrons. The van der Waals surface area contributed by atoms with E-state index < -0.39 is 0 Å². The second kappa shape index (κ2) is 7.12. The number of unbranched alkanes of at least 4 members (excludes halogenated alkanes) is 3. The van der Waals surface area contributed by atoms with Crippen LogP contribution in [0.1, 0.15) is 31.2 Å². The fourth-order valence-corrected chi connectivity index (χ4v) is 1.50. The summed E-state index contributed by atoms with van der Waals surface area (Å²) in [5.41, 5.74) is 7.57. The Hall–Kier alpha value is -1.22. The van der Waals surface area contributed by atoms with Crippen LogP contribution in [-0.4, -0.2) is 18.3 Å². The number of aryl methyl sites for hydroxylation is 1. The Morgan fingerprint density at radius 1 is 1.19 bits per heavy atom. The molecule has 0 unspecified atom stereocenters. The number of anilines is 1. The highest BCUT2D eigenvalue weighted by Crippen LogP contribution is 2.18. The van der Waals surface area contributed by atoms with Crippen LogP contribution in [0.2, 0.25) is 0 Å². The van der Waals surface area contributed by atoms with Crippen molar-refractivity contribution in [2.45, 2.75) is 32.6 Å². The van der Waals surface area contributed by atoms with Crippen LogP contribution in [0, 0.1) is 6.92 Å². The molecule has 3 N–H and O–H groups in total. The maximum Gasteiger partial charge on any atom is 0.119 e. The monoisotopic (exact) mass is 223 g/mol. The van der Waals surface area contributed by atoms with Crippen molar-refractivity contribution in [3.05, 3.63) is 23.8 Å². The molecule has 0 atom stereocenters. The van der Waals surface area contributed by atoms with E-state index in [0.29, 0.717) is 0 Å². The van der Waals surface area contributed by atoms with E-state index in [1.54, 1.807) is 0 Å². The molecule has 16 heavy (non-hydrogen) atoms. The highest BCUT2D eigenvalue weighted by atomic mass is 16.5. The van der Waals surface area contributed by atoms with E-state index in [9.17, 15) is 0 Å². The summed E-state index contributed by atoms with van der Waals surface area (Å²) in [6, 6.07) is 5.73. The second-order valence-corrected chi connectivity index (χ2v) is 4.00. The average molecular weight is 223 g/mol. The molecule has 0 aliphatic heterocycles. The molecule has 3 heteroatoms. The number of hydrogen-bond acceptors (Lipinski definition) is 3. The van der Waals surface area contributed by atoms with Crippen molar-refractivity contribution < 1.29 is 9.84 Å². The zero-order valence-electron chi connectivity index (χ0n) is 9.91. The van der Waals surface area contributed by atoms with Gasteiger partial charge in [-0.1, -0.05) is 6.42 Å². The maximum atomic E-state index is 8.61. The van der Waals surface area contributed by atoms with E-state index in [-0.39, 0.29) is 6.61 Å². The molecule has 0 amide bonds. The van der Waals surface area contributed by atoms with Crippen LogP contribution in [-0.2, 0) is 0 Å².